The molecule has 572 valence electrons. The van der Waals surface area contributed by atoms with E-state index in [0.717, 1.165) is 94.8 Å². The molecule has 8 nitrogen and oxygen atoms in total. The van der Waals surface area contributed by atoms with Gasteiger partial charge in [0, 0.05) is 66.3 Å². The lowest BCUT2D eigenvalue weighted by Gasteiger charge is -2.11. The van der Waals surface area contributed by atoms with Crippen LogP contribution >= 0.6 is 0 Å². The first-order chi connectivity index (χ1) is 60.4. The molecule has 8 heteroatoms. The summed E-state index contributed by atoms with van der Waals surface area (Å²) in [5.41, 5.74) is 31.2. The van der Waals surface area contributed by atoms with Crippen LogP contribution in [0.2, 0.25) is 0 Å². The minimum atomic E-state index is 0.626. The van der Waals surface area contributed by atoms with Gasteiger partial charge in [0.15, 0.2) is 34.9 Å². The maximum absolute atomic E-state index is 5.09. The number of benzene rings is 18. The van der Waals surface area contributed by atoms with Gasteiger partial charge in [0.1, 0.15) is 0 Å². The van der Waals surface area contributed by atoms with Crippen molar-refractivity contribution in [2.75, 3.05) is 0 Å². The predicted molar refractivity (Wildman–Crippen MR) is 504 cm³/mol. The van der Waals surface area contributed by atoms with Crippen LogP contribution in [0.4, 0.5) is 0 Å². The molecule has 0 radical (unpaired) electrons. The van der Waals surface area contributed by atoms with Crippen LogP contribution in [-0.2, 0) is 0 Å². The van der Waals surface area contributed by atoms with E-state index in [9.17, 15) is 0 Å². The van der Waals surface area contributed by atoms with Crippen molar-refractivity contribution in [3.8, 4) is 169 Å². The molecule has 18 aromatic carbocycles. The van der Waals surface area contributed by atoms with Gasteiger partial charge >= 0.3 is 0 Å². The third-order valence-electron chi connectivity index (χ3n) is 23.0. The fraction of sp³-hybridized carbons (Fsp3) is 0. The summed E-state index contributed by atoms with van der Waals surface area (Å²) in [4.78, 5) is 30.3. The van der Waals surface area contributed by atoms with E-state index in [1.807, 2.05) is 48.5 Å². The fourth-order valence-electron chi connectivity index (χ4n) is 16.7. The Morgan fingerprint density at radius 2 is 0.295 bits per heavy atom. The van der Waals surface area contributed by atoms with E-state index in [-0.39, 0.29) is 0 Å². The van der Waals surface area contributed by atoms with Crippen molar-refractivity contribution in [2.24, 2.45) is 0 Å². The smallest absolute Gasteiger partial charge is 0.164 e. The lowest BCUT2D eigenvalue weighted by molar-refractivity contribution is 1.07. The van der Waals surface area contributed by atoms with Crippen molar-refractivity contribution in [1.82, 2.24) is 39.0 Å². The molecule has 0 aliphatic heterocycles. The van der Waals surface area contributed by atoms with Gasteiger partial charge < -0.3 is 9.13 Å². The number of hydrogen-bond donors (Lipinski definition) is 0. The van der Waals surface area contributed by atoms with E-state index in [2.05, 4.69) is 422 Å². The highest BCUT2D eigenvalue weighted by molar-refractivity contribution is 6.12. The topological polar surface area (TPSA) is 87.2 Å². The standard InChI is InChI=1S/2C57H38N4/c1-4-13-39(14-5-1)42-23-27-45(28-24-42)55-58-56(60-57(59-55)49-20-12-19-47(37-49)40-15-6-2-7-16-40)46-29-25-43(26-30-46)44-31-34-50(35-32-44)61-53-22-11-10-21-51(53)52-38-48(33-36-54(52)61)41-17-8-3-9-18-41;1-4-13-39(14-5-1)41-23-25-44(26-24-41)47-19-12-20-49(37-47)57-59-55(45-17-8-3-9-18-45)58-56(60-57)46-29-27-42(28-30-46)43-31-34-50(35-32-43)61-53-22-11-10-21-51(53)52-38-48(33-36-54(52)61)40-15-6-2-7-16-40/h2*1-38H. The van der Waals surface area contributed by atoms with Gasteiger partial charge in [-0.1, -0.05) is 388 Å². The maximum atomic E-state index is 5.09. The van der Waals surface area contributed by atoms with E-state index in [1.54, 1.807) is 0 Å². The average molecular weight is 1560 g/mol. The molecule has 0 spiro atoms. The first-order valence-corrected chi connectivity index (χ1v) is 41.2. The van der Waals surface area contributed by atoms with Crippen molar-refractivity contribution >= 4 is 43.6 Å². The Labute approximate surface area is 707 Å². The van der Waals surface area contributed by atoms with E-state index in [4.69, 9.17) is 29.9 Å². The van der Waals surface area contributed by atoms with Crippen molar-refractivity contribution in [1.29, 1.82) is 0 Å². The van der Waals surface area contributed by atoms with Gasteiger partial charge in [-0.25, -0.2) is 29.9 Å². The molecule has 4 heterocycles. The Morgan fingerprint density at radius 3 is 0.598 bits per heavy atom. The minimum absolute atomic E-state index is 0.626. The molecule has 22 aromatic rings. The number of nitrogens with zero attached hydrogens (tertiary/aromatic N) is 8. The predicted octanol–water partition coefficient (Wildman–Crippen LogP) is 29.3. The van der Waals surface area contributed by atoms with Crippen LogP contribution in [0, 0.1) is 0 Å². The molecule has 4 aromatic heterocycles. The molecule has 0 bridgehead atoms. The van der Waals surface area contributed by atoms with Crippen LogP contribution in [-0.4, -0.2) is 39.0 Å². The zero-order valence-electron chi connectivity index (χ0n) is 66.5. The van der Waals surface area contributed by atoms with Crippen molar-refractivity contribution < 1.29 is 0 Å². The summed E-state index contributed by atoms with van der Waals surface area (Å²) in [5.74, 6) is 3.79. The van der Waals surface area contributed by atoms with Crippen LogP contribution in [0.15, 0.2) is 461 Å². The van der Waals surface area contributed by atoms with Crippen LogP contribution in [0.3, 0.4) is 0 Å². The Hall–Kier alpha value is -16.4. The zero-order chi connectivity index (χ0) is 81.1. The Kier molecular flexibility index (Phi) is 19.6. The van der Waals surface area contributed by atoms with Crippen LogP contribution < -0.4 is 0 Å². The lowest BCUT2D eigenvalue weighted by atomic mass is 9.99. The largest absolute Gasteiger partial charge is 0.309 e. The fourth-order valence-corrected chi connectivity index (χ4v) is 16.7. The molecule has 22 rings (SSSR count). The first kappa shape index (κ1) is 73.2. The van der Waals surface area contributed by atoms with Crippen LogP contribution in [0.1, 0.15) is 0 Å². The summed E-state index contributed by atoms with van der Waals surface area (Å²) in [6.45, 7) is 0. The number of aromatic nitrogens is 8. The average Bonchev–Trinajstić information content (AvgIpc) is 1.59. The van der Waals surface area contributed by atoms with Crippen LogP contribution in [0.25, 0.3) is 212 Å². The Bertz CT molecular complexity index is 7510. The zero-order valence-corrected chi connectivity index (χ0v) is 66.5. The molecule has 0 amide bonds. The van der Waals surface area contributed by atoms with Gasteiger partial charge in [0.2, 0.25) is 0 Å². The molecule has 0 N–H and O–H groups in total. The molecule has 0 fully saturated rings. The summed E-state index contributed by atoms with van der Waals surface area (Å²) >= 11 is 0. The van der Waals surface area contributed by atoms with Crippen molar-refractivity contribution in [3.05, 3.63) is 461 Å². The molecule has 0 atom stereocenters. The second-order valence-corrected chi connectivity index (χ2v) is 30.5. The second kappa shape index (κ2) is 32.6. The normalized spacial score (nSPS) is 11.3. The molecule has 0 aliphatic carbocycles. The monoisotopic (exact) mass is 1560 g/mol. The molecular formula is C114H76N8. The number of para-hydroxylation sites is 2. The van der Waals surface area contributed by atoms with Crippen molar-refractivity contribution in [2.45, 2.75) is 0 Å². The number of fused-ring (bicyclic) bond motifs is 6. The van der Waals surface area contributed by atoms with E-state index in [1.165, 1.54) is 82.6 Å². The molecule has 0 aliphatic rings. The van der Waals surface area contributed by atoms with Gasteiger partial charge in [0.05, 0.1) is 22.1 Å². The number of hydrogen-bond acceptors (Lipinski definition) is 6. The first-order valence-electron chi connectivity index (χ1n) is 41.2. The molecule has 0 saturated heterocycles. The van der Waals surface area contributed by atoms with E-state index in [0.29, 0.717) is 34.9 Å². The van der Waals surface area contributed by atoms with Crippen molar-refractivity contribution in [3.63, 3.8) is 0 Å². The summed E-state index contributed by atoms with van der Waals surface area (Å²) in [7, 11) is 0. The van der Waals surface area contributed by atoms with Gasteiger partial charge in [-0.3, -0.25) is 0 Å². The maximum Gasteiger partial charge on any atom is 0.164 e. The molecule has 0 saturated carbocycles. The van der Waals surface area contributed by atoms with E-state index >= 15 is 0 Å². The summed E-state index contributed by atoms with van der Waals surface area (Å²) in [6, 6.07) is 162. The highest BCUT2D eigenvalue weighted by Gasteiger charge is 2.20. The third kappa shape index (κ3) is 14.8. The molecule has 122 heavy (non-hydrogen) atoms. The Balaban J connectivity index is 0.000000150. The second-order valence-electron chi connectivity index (χ2n) is 30.5. The summed E-state index contributed by atoms with van der Waals surface area (Å²) in [6.07, 6.45) is 0. The third-order valence-corrected chi connectivity index (χ3v) is 23.0. The van der Waals surface area contributed by atoms with Crippen LogP contribution in [0.5, 0.6) is 0 Å². The minimum Gasteiger partial charge on any atom is -0.309 e. The molecule has 0 unspecified atom stereocenters. The highest BCUT2D eigenvalue weighted by atomic mass is 15.0. The van der Waals surface area contributed by atoms with E-state index < -0.39 is 0 Å². The molecular weight excluding hydrogens is 1480 g/mol. The van der Waals surface area contributed by atoms with Gasteiger partial charge in [-0.05, 0) is 162 Å². The quantitative estimate of drug-likeness (QED) is 0.0958. The highest BCUT2D eigenvalue weighted by Crippen LogP contribution is 2.41. The van der Waals surface area contributed by atoms with Gasteiger partial charge in [-0.2, -0.15) is 0 Å². The lowest BCUT2D eigenvalue weighted by Crippen LogP contribution is -2.00. The summed E-state index contributed by atoms with van der Waals surface area (Å²) < 4.78 is 4.74. The Morgan fingerprint density at radius 1 is 0.115 bits per heavy atom. The van der Waals surface area contributed by atoms with Gasteiger partial charge in [0.25, 0.3) is 0 Å². The SMILES string of the molecule is c1ccc(-c2ccc(-c3cccc(-c4nc(-c5ccccc5)nc(-c5ccc(-c6ccc(-n7c8ccccc8c8cc(-c9ccccc9)ccc87)cc6)cc5)n4)c3)cc2)cc1.c1ccc(-c2ccc(-c3nc(-c4ccc(-c5ccc(-n6c7ccccc7c7cc(-c8ccccc8)ccc76)cc5)cc4)nc(-c4cccc(-c5ccccc5)c4)n3)cc2)cc1. The summed E-state index contributed by atoms with van der Waals surface area (Å²) in [5, 5.41) is 4.98. The number of rotatable bonds is 16. The van der Waals surface area contributed by atoms with Gasteiger partial charge in [-0.15, -0.1) is 0 Å².